The molecule has 12 nitrogen and oxygen atoms in total. The van der Waals surface area contributed by atoms with Gasteiger partial charge in [0.2, 0.25) is 6.79 Å². The van der Waals surface area contributed by atoms with Crippen molar-refractivity contribution in [1.29, 1.82) is 0 Å². The van der Waals surface area contributed by atoms with Crippen molar-refractivity contribution in [2.75, 3.05) is 16.9 Å². The van der Waals surface area contributed by atoms with Crippen LogP contribution in [0.1, 0.15) is 15.9 Å². The van der Waals surface area contributed by atoms with Crippen molar-refractivity contribution in [3.8, 4) is 11.5 Å². The molecule has 3 N–H and O–H groups in total. The highest BCUT2D eigenvalue weighted by atomic mass is 32.2. The number of anilines is 2. The largest absolute Gasteiger partial charge is 0.478 e. The molecule has 0 aromatic heterocycles. The molecule has 0 saturated heterocycles. The second-order valence-electron chi connectivity index (χ2n) is 6.88. The van der Waals surface area contributed by atoms with Gasteiger partial charge < -0.3 is 14.6 Å². The van der Waals surface area contributed by atoms with Gasteiger partial charge in [0, 0.05) is 6.07 Å². The maximum atomic E-state index is 12.8. The van der Waals surface area contributed by atoms with Gasteiger partial charge in [-0.15, -0.1) is 0 Å². The maximum Gasteiger partial charge on any atom is 0.337 e. The normalized spacial score (nSPS) is 12.5. The highest BCUT2D eigenvalue weighted by molar-refractivity contribution is 7.92. The lowest BCUT2D eigenvalue weighted by atomic mass is 10.2. The van der Waals surface area contributed by atoms with Crippen molar-refractivity contribution in [3.05, 3.63) is 81.9 Å². The Morgan fingerprint density at radius 1 is 1.06 bits per heavy atom. The lowest BCUT2D eigenvalue weighted by Gasteiger charge is -2.11. The minimum absolute atomic E-state index is 0.0492. The van der Waals surface area contributed by atoms with E-state index in [-0.39, 0.29) is 23.7 Å². The van der Waals surface area contributed by atoms with Gasteiger partial charge in [0.05, 0.1) is 27.3 Å². The van der Waals surface area contributed by atoms with Crippen LogP contribution < -0.4 is 19.6 Å². The van der Waals surface area contributed by atoms with Gasteiger partial charge in [-0.1, -0.05) is 12.1 Å². The van der Waals surface area contributed by atoms with Crippen LogP contribution in [0.4, 0.5) is 17.1 Å². The summed E-state index contributed by atoms with van der Waals surface area (Å²) in [5.74, 6) is -0.192. The summed E-state index contributed by atoms with van der Waals surface area (Å²) in [7, 11) is -4.32. The van der Waals surface area contributed by atoms with Gasteiger partial charge in [0.25, 0.3) is 15.7 Å². The number of nitro groups is 1. The Morgan fingerprint density at radius 3 is 2.59 bits per heavy atom. The van der Waals surface area contributed by atoms with Crippen LogP contribution in [-0.2, 0) is 10.0 Å². The molecular formula is C21H16N4O8S. The van der Waals surface area contributed by atoms with E-state index in [0.717, 1.165) is 12.1 Å². The third kappa shape index (κ3) is 4.73. The zero-order valence-corrected chi connectivity index (χ0v) is 18.0. The highest BCUT2D eigenvalue weighted by Gasteiger charge is 2.23. The van der Waals surface area contributed by atoms with Gasteiger partial charge >= 0.3 is 5.97 Å². The van der Waals surface area contributed by atoms with Crippen molar-refractivity contribution in [2.24, 2.45) is 5.10 Å². The zero-order valence-electron chi connectivity index (χ0n) is 17.2. The van der Waals surface area contributed by atoms with Gasteiger partial charge in [-0.25, -0.2) is 13.2 Å². The zero-order chi connectivity index (χ0) is 24.3. The summed E-state index contributed by atoms with van der Waals surface area (Å²) in [5, 5.41) is 24.8. The van der Waals surface area contributed by atoms with Crippen LogP contribution in [0.15, 0.2) is 70.7 Å². The van der Waals surface area contributed by atoms with Gasteiger partial charge in [-0.3, -0.25) is 20.3 Å². The number of sulfonamides is 1. The van der Waals surface area contributed by atoms with Crippen LogP contribution in [0.3, 0.4) is 0 Å². The molecule has 0 saturated carbocycles. The minimum atomic E-state index is -4.32. The number of benzene rings is 3. The number of ether oxygens (including phenoxy) is 2. The number of carboxylic acids is 1. The SMILES string of the molecule is O=C(O)c1ccccc1NS(=O)(=O)c1ccc(NN=Cc2ccc3c(c2)OCO3)c([N+](=O)[O-])c1. The summed E-state index contributed by atoms with van der Waals surface area (Å²) in [6, 6.07) is 13.7. The molecule has 1 heterocycles. The van der Waals surface area contributed by atoms with Crippen molar-refractivity contribution < 1.29 is 32.7 Å². The average Bonchev–Trinajstić information content (AvgIpc) is 3.27. The second kappa shape index (κ2) is 9.07. The molecule has 0 radical (unpaired) electrons. The monoisotopic (exact) mass is 484 g/mol. The van der Waals surface area contributed by atoms with Crippen LogP contribution in [0.25, 0.3) is 0 Å². The molecule has 1 aliphatic heterocycles. The van der Waals surface area contributed by atoms with Gasteiger partial charge in [-0.2, -0.15) is 5.10 Å². The number of hydrogen-bond acceptors (Lipinski definition) is 9. The molecule has 0 aliphatic carbocycles. The van der Waals surface area contributed by atoms with Crippen molar-refractivity contribution >= 4 is 39.3 Å². The van der Waals surface area contributed by atoms with Gasteiger partial charge in [-0.05, 0) is 48.0 Å². The third-order valence-electron chi connectivity index (χ3n) is 4.67. The summed E-state index contributed by atoms with van der Waals surface area (Å²) in [5.41, 5.74) is 2.13. The van der Waals surface area contributed by atoms with E-state index in [4.69, 9.17) is 9.47 Å². The minimum Gasteiger partial charge on any atom is -0.478 e. The fourth-order valence-corrected chi connectivity index (χ4v) is 4.16. The number of nitro benzene ring substituents is 1. The van der Waals surface area contributed by atoms with Gasteiger partial charge in [0.1, 0.15) is 5.69 Å². The van der Waals surface area contributed by atoms with Crippen molar-refractivity contribution in [1.82, 2.24) is 0 Å². The molecular weight excluding hydrogens is 468 g/mol. The van der Waals surface area contributed by atoms with Crippen LogP contribution >= 0.6 is 0 Å². The topological polar surface area (TPSA) is 169 Å². The summed E-state index contributed by atoms with van der Waals surface area (Å²) < 4.78 is 38.2. The molecule has 0 amide bonds. The fourth-order valence-electron chi connectivity index (χ4n) is 3.06. The van der Waals surface area contributed by atoms with Crippen LogP contribution in [-0.4, -0.2) is 37.4 Å². The number of hydrogen-bond donors (Lipinski definition) is 3. The lowest BCUT2D eigenvalue weighted by Crippen LogP contribution is -2.16. The van der Waals surface area contributed by atoms with Gasteiger partial charge in [0.15, 0.2) is 11.5 Å². The standard InChI is InChI=1S/C21H16N4O8S/c26-21(27)15-3-1-2-4-16(15)24-34(30,31)14-6-7-17(18(10-14)25(28)29)23-22-11-13-5-8-19-20(9-13)33-12-32-19/h1-11,23-24H,12H2,(H,26,27). The summed E-state index contributed by atoms with van der Waals surface area (Å²) in [6.45, 7) is 0.117. The van der Waals surface area contributed by atoms with E-state index >= 15 is 0 Å². The maximum absolute atomic E-state index is 12.8. The van der Waals surface area contributed by atoms with Crippen molar-refractivity contribution in [2.45, 2.75) is 4.90 Å². The number of para-hydroxylation sites is 1. The summed E-state index contributed by atoms with van der Waals surface area (Å²) in [4.78, 5) is 21.7. The molecule has 34 heavy (non-hydrogen) atoms. The molecule has 0 unspecified atom stereocenters. The smallest absolute Gasteiger partial charge is 0.337 e. The molecule has 3 aromatic carbocycles. The third-order valence-corrected chi connectivity index (χ3v) is 6.04. The molecule has 0 atom stereocenters. The molecule has 3 aromatic rings. The Balaban J connectivity index is 1.56. The first kappa shape index (κ1) is 22.5. The first-order valence-electron chi connectivity index (χ1n) is 9.57. The number of aromatic carboxylic acids is 1. The Kier molecular flexibility index (Phi) is 6.01. The van der Waals surface area contributed by atoms with E-state index < -0.39 is 31.5 Å². The second-order valence-corrected chi connectivity index (χ2v) is 8.56. The van der Waals surface area contributed by atoms with E-state index in [1.165, 1.54) is 36.5 Å². The Bertz CT molecular complexity index is 1420. The number of carboxylic acid groups (broad SMARTS) is 1. The average molecular weight is 484 g/mol. The fraction of sp³-hybridized carbons (Fsp3) is 0.0476. The summed E-state index contributed by atoms with van der Waals surface area (Å²) in [6.07, 6.45) is 1.40. The van der Waals surface area contributed by atoms with Crippen LogP contribution in [0.2, 0.25) is 0 Å². The summed E-state index contributed by atoms with van der Waals surface area (Å²) >= 11 is 0. The number of nitrogens with zero attached hydrogens (tertiary/aromatic N) is 2. The first-order valence-corrected chi connectivity index (χ1v) is 11.1. The van der Waals surface area contributed by atoms with E-state index in [1.54, 1.807) is 18.2 Å². The predicted molar refractivity (Wildman–Crippen MR) is 121 cm³/mol. The predicted octanol–water partition coefficient (Wildman–Crippen LogP) is 3.27. The quantitative estimate of drug-likeness (QED) is 0.247. The molecule has 0 bridgehead atoms. The molecule has 174 valence electrons. The van der Waals surface area contributed by atoms with Crippen LogP contribution in [0.5, 0.6) is 11.5 Å². The lowest BCUT2D eigenvalue weighted by molar-refractivity contribution is -0.384. The number of hydrazone groups is 1. The molecule has 0 spiro atoms. The molecule has 0 fully saturated rings. The molecule has 4 rings (SSSR count). The first-order chi connectivity index (χ1) is 16.2. The molecule has 1 aliphatic rings. The van der Waals surface area contributed by atoms with Crippen LogP contribution in [0, 0.1) is 10.1 Å². The number of rotatable bonds is 8. The number of fused-ring (bicyclic) bond motifs is 1. The Hall–Kier alpha value is -4.65. The Morgan fingerprint density at radius 2 is 1.82 bits per heavy atom. The van der Waals surface area contributed by atoms with E-state index in [0.29, 0.717) is 17.1 Å². The number of carbonyl (C=O) groups is 1. The Labute approximate surface area is 192 Å². The van der Waals surface area contributed by atoms with E-state index in [2.05, 4.69) is 15.2 Å². The van der Waals surface area contributed by atoms with Crippen molar-refractivity contribution in [3.63, 3.8) is 0 Å². The number of nitrogens with one attached hydrogen (secondary N) is 2. The van der Waals surface area contributed by atoms with E-state index in [9.17, 15) is 28.4 Å². The van der Waals surface area contributed by atoms with E-state index in [1.807, 2.05) is 0 Å². The molecule has 13 heteroatoms. The highest BCUT2D eigenvalue weighted by Crippen LogP contribution is 2.32.